The number of carbonyl (C=O) groups excluding carboxylic acids is 3. The number of nitrogens with one attached hydrogen (secondary N) is 3. The van der Waals surface area contributed by atoms with Crippen molar-refractivity contribution in [2.45, 2.75) is 56.6 Å². The summed E-state index contributed by atoms with van der Waals surface area (Å²) in [5.41, 5.74) is 6.12. The largest absolute Gasteiger partial charge is 0.480 e. The van der Waals surface area contributed by atoms with Crippen LogP contribution in [0.15, 0.2) is 30.3 Å². The highest BCUT2D eigenvalue weighted by molar-refractivity contribution is 5.94. The van der Waals surface area contributed by atoms with Gasteiger partial charge in [0.15, 0.2) is 0 Å². The number of aliphatic hydroxyl groups excluding tert-OH is 3. The summed E-state index contributed by atoms with van der Waals surface area (Å²) >= 11 is 0. The maximum atomic E-state index is 12.6. The Bertz CT molecular complexity index is 787. The molecule has 0 aliphatic rings. The first-order valence-corrected chi connectivity index (χ1v) is 9.88. The van der Waals surface area contributed by atoms with Crippen molar-refractivity contribution in [1.82, 2.24) is 16.0 Å². The molecule has 1 aromatic rings. The van der Waals surface area contributed by atoms with E-state index in [1.54, 1.807) is 30.3 Å². The fraction of sp³-hybridized carbons (Fsp3) is 0.500. The topological polar surface area (TPSA) is 211 Å². The Labute approximate surface area is 184 Å². The zero-order valence-electron chi connectivity index (χ0n) is 17.8. The number of amides is 3. The third kappa shape index (κ3) is 8.23. The van der Waals surface area contributed by atoms with Crippen molar-refractivity contribution in [3.63, 3.8) is 0 Å². The van der Waals surface area contributed by atoms with Crippen molar-refractivity contribution in [2.75, 3.05) is 6.61 Å². The fourth-order valence-electron chi connectivity index (χ4n) is 2.65. The number of carboxylic acid groups (broad SMARTS) is 1. The monoisotopic (exact) mass is 454 g/mol. The highest BCUT2D eigenvalue weighted by Gasteiger charge is 2.33. The molecule has 0 saturated carbocycles. The van der Waals surface area contributed by atoms with Crippen molar-refractivity contribution in [2.24, 2.45) is 5.73 Å². The molecule has 0 spiro atoms. The number of carbonyl (C=O) groups is 4. The Kier molecular flexibility index (Phi) is 10.7. The van der Waals surface area contributed by atoms with E-state index in [0.717, 1.165) is 0 Å². The van der Waals surface area contributed by atoms with Gasteiger partial charge in [-0.25, -0.2) is 4.79 Å². The second kappa shape index (κ2) is 12.7. The van der Waals surface area contributed by atoms with Crippen LogP contribution in [0, 0.1) is 0 Å². The zero-order valence-corrected chi connectivity index (χ0v) is 17.8. The minimum atomic E-state index is -1.57. The van der Waals surface area contributed by atoms with Gasteiger partial charge in [0.2, 0.25) is 17.7 Å². The summed E-state index contributed by atoms with van der Waals surface area (Å²) in [6.45, 7) is 1.61. The molecule has 1 rings (SSSR count). The van der Waals surface area contributed by atoms with Crippen LogP contribution in [0.25, 0.3) is 0 Å². The van der Waals surface area contributed by atoms with Crippen LogP contribution < -0.4 is 21.7 Å². The standard InChI is InChI=1S/C20H30N4O8/c1-10(26)15(21)18(29)23-14(9-25)17(28)24-16(11(2)27)19(30)22-13(20(31)32)8-12-6-4-3-5-7-12/h3-7,10-11,13-16,25-27H,8-9,21H2,1-2H3,(H,22,30)(H,23,29)(H,24,28)(H,31,32). The lowest BCUT2D eigenvalue weighted by Crippen LogP contribution is -2.61. The summed E-state index contributed by atoms with van der Waals surface area (Å²) in [6.07, 6.45) is -2.68. The van der Waals surface area contributed by atoms with Gasteiger partial charge in [-0.2, -0.15) is 0 Å². The van der Waals surface area contributed by atoms with Gasteiger partial charge in [0.1, 0.15) is 24.2 Å². The number of rotatable bonds is 12. The normalized spacial score (nSPS) is 16.6. The summed E-state index contributed by atoms with van der Waals surface area (Å²) < 4.78 is 0. The van der Waals surface area contributed by atoms with Crippen LogP contribution in [0.2, 0.25) is 0 Å². The fourth-order valence-corrected chi connectivity index (χ4v) is 2.65. The Morgan fingerprint density at radius 3 is 1.91 bits per heavy atom. The molecule has 0 heterocycles. The predicted molar refractivity (Wildman–Crippen MR) is 112 cm³/mol. The van der Waals surface area contributed by atoms with Gasteiger partial charge < -0.3 is 42.1 Å². The average Bonchev–Trinajstić information content (AvgIpc) is 2.74. The molecule has 0 fully saturated rings. The molecule has 6 unspecified atom stereocenters. The van der Waals surface area contributed by atoms with E-state index in [4.69, 9.17) is 5.73 Å². The average molecular weight is 454 g/mol. The van der Waals surface area contributed by atoms with Gasteiger partial charge in [-0.05, 0) is 19.4 Å². The molecule has 0 bridgehead atoms. The maximum Gasteiger partial charge on any atom is 0.326 e. The van der Waals surface area contributed by atoms with Gasteiger partial charge >= 0.3 is 5.97 Å². The molecule has 0 radical (unpaired) electrons. The molecule has 0 aliphatic carbocycles. The van der Waals surface area contributed by atoms with Crippen molar-refractivity contribution in [1.29, 1.82) is 0 Å². The number of benzene rings is 1. The highest BCUT2D eigenvalue weighted by Crippen LogP contribution is 2.05. The maximum absolute atomic E-state index is 12.6. The number of hydrogen-bond acceptors (Lipinski definition) is 8. The molecule has 32 heavy (non-hydrogen) atoms. The second-order valence-electron chi connectivity index (χ2n) is 7.33. The third-order valence-electron chi connectivity index (χ3n) is 4.60. The minimum absolute atomic E-state index is 0.0328. The minimum Gasteiger partial charge on any atom is -0.480 e. The lowest BCUT2D eigenvalue weighted by atomic mass is 10.0. The number of nitrogens with two attached hydrogens (primary N) is 1. The van der Waals surface area contributed by atoms with E-state index in [-0.39, 0.29) is 6.42 Å². The smallest absolute Gasteiger partial charge is 0.326 e. The summed E-state index contributed by atoms with van der Waals surface area (Å²) in [5, 5.41) is 44.7. The van der Waals surface area contributed by atoms with E-state index in [2.05, 4.69) is 16.0 Å². The molecule has 0 saturated heterocycles. The molecule has 9 N–H and O–H groups in total. The first-order chi connectivity index (χ1) is 15.0. The van der Waals surface area contributed by atoms with Crippen molar-refractivity contribution in [3.8, 4) is 0 Å². The van der Waals surface area contributed by atoms with Crippen molar-refractivity contribution >= 4 is 23.7 Å². The number of aliphatic carboxylic acids is 1. The first kappa shape index (κ1) is 27.0. The highest BCUT2D eigenvalue weighted by atomic mass is 16.4. The molecule has 1 aromatic carbocycles. The van der Waals surface area contributed by atoms with Crippen LogP contribution in [0.5, 0.6) is 0 Å². The predicted octanol–water partition coefficient (Wildman–Crippen LogP) is -3.15. The van der Waals surface area contributed by atoms with Crippen molar-refractivity contribution in [3.05, 3.63) is 35.9 Å². The molecule has 178 valence electrons. The Morgan fingerprint density at radius 1 is 0.875 bits per heavy atom. The van der Waals surface area contributed by atoms with Crippen molar-refractivity contribution < 1.29 is 39.6 Å². The van der Waals surface area contributed by atoms with Gasteiger partial charge in [-0.3, -0.25) is 14.4 Å². The van der Waals surface area contributed by atoms with E-state index in [1.807, 2.05) is 0 Å². The summed E-state index contributed by atoms with van der Waals surface area (Å²) in [7, 11) is 0. The van der Waals surface area contributed by atoms with Crippen LogP contribution in [-0.4, -0.2) is 87.1 Å². The molecule has 12 heteroatoms. The Hall–Kier alpha value is -3.06. The number of carboxylic acids is 1. The van der Waals surface area contributed by atoms with Crippen LogP contribution >= 0.6 is 0 Å². The Morgan fingerprint density at radius 2 is 1.44 bits per heavy atom. The SMILES string of the molecule is CC(O)C(N)C(=O)NC(CO)C(=O)NC(C(=O)NC(Cc1ccccc1)C(=O)O)C(C)O. The van der Waals surface area contributed by atoms with Gasteiger partial charge in [0, 0.05) is 6.42 Å². The number of hydrogen-bond donors (Lipinski definition) is 8. The van der Waals surface area contributed by atoms with E-state index in [1.165, 1.54) is 13.8 Å². The summed E-state index contributed by atoms with van der Waals surface area (Å²) in [4.78, 5) is 48.5. The van der Waals surface area contributed by atoms with Gasteiger partial charge in [0.05, 0.1) is 18.8 Å². The number of aliphatic hydroxyl groups is 3. The molecule has 12 nitrogen and oxygen atoms in total. The van der Waals surface area contributed by atoms with Crippen LogP contribution in [0.1, 0.15) is 19.4 Å². The zero-order chi connectivity index (χ0) is 24.4. The lowest BCUT2D eigenvalue weighted by molar-refractivity contribution is -0.143. The van der Waals surface area contributed by atoms with Gasteiger partial charge in [-0.15, -0.1) is 0 Å². The molecule has 6 atom stereocenters. The molecule has 0 aliphatic heterocycles. The van der Waals surface area contributed by atoms with E-state index in [0.29, 0.717) is 5.56 Å². The summed E-state index contributed by atoms with van der Waals surface area (Å²) in [5.74, 6) is -4.22. The van der Waals surface area contributed by atoms with Crippen LogP contribution in [-0.2, 0) is 25.6 Å². The second-order valence-corrected chi connectivity index (χ2v) is 7.33. The third-order valence-corrected chi connectivity index (χ3v) is 4.60. The summed E-state index contributed by atoms with van der Waals surface area (Å²) in [6, 6.07) is 2.75. The Balaban J connectivity index is 2.87. The molecule has 0 aromatic heterocycles. The van der Waals surface area contributed by atoms with Gasteiger partial charge in [0.25, 0.3) is 0 Å². The molecular weight excluding hydrogens is 424 g/mol. The quantitative estimate of drug-likeness (QED) is 0.160. The van der Waals surface area contributed by atoms with E-state index < -0.39 is 66.7 Å². The molecular formula is C20H30N4O8. The van der Waals surface area contributed by atoms with E-state index >= 15 is 0 Å². The first-order valence-electron chi connectivity index (χ1n) is 9.88. The van der Waals surface area contributed by atoms with Crippen LogP contribution in [0.4, 0.5) is 0 Å². The van der Waals surface area contributed by atoms with Crippen LogP contribution in [0.3, 0.4) is 0 Å². The lowest BCUT2D eigenvalue weighted by Gasteiger charge is -2.26. The van der Waals surface area contributed by atoms with Gasteiger partial charge in [-0.1, -0.05) is 30.3 Å². The van der Waals surface area contributed by atoms with E-state index in [9.17, 15) is 39.6 Å². The molecule has 3 amide bonds.